The molecule has 1 aromatic rings. The number of para-hydroxylation sites is 1. The van der Waals surface area contributed by atoms with E-state index in [1.54, 1.807) is 19.1 Å². The summed E-state index contributed by atoms with van der Waals surface area (Å²) < 4.78 is 23.2. The maximum Gasteiger partial charge on any atom is 0.339 e. The van der Waals surface area contributed by atoms with Crippen LogP contribution in [0.3, 0.4) is 0 Å². The van der Waals surface area contributed by atoms with E-state index in [0.717, 1.165) is 0 Å². The van der Waals surface area contributed by atoms with Crippen molar-refractivity contribution in [2.24, 2.45) is 0 Å². The first-order valence-electron chi connectivity index (χ1n) is 5.68. The molecule has 1 rings (SSSR count). The van der Waals surface area contributed by atoms with Crippen LogP contribution in [0.4, 0.5) is 4.39 Å². The van der Waals surface area contributed by atoms with Gasteiger partial charge in [-0.15, -0.1) is 0 Å². The smallest absolute Gasteiger partial charge is 0.339 e. The monoisotopic (exact) mass is 256 g/mol. The Morgan fingerprint density at radius 1 is 1.44 bits per heavy atom. The van der Waals surface area contributed by atoms with E-state index in [4.69, 9.17) is 9.47 Å². The number of carbonyl (C=O) groups excluding carboxylic acids is 1. The third kappa shape index (κ3) is 2.98. The number of aliphatic hydroxyl groups excluding tert-OH is 1. The van der Waals surface area contributed by atoms with Gasteiger partial charge in [0, 0.05) is 11.1 Å². The number of hydrogen-bond acceptors (Lipinski definition) is 4. The van der Waals surface area contributed by atoms with Gasteiger partial charge in [-0.3, -0.25) is 0 Å². The molecular formula is C13H17FO4. The van der Waals surface area contributed by atoms with Crippen LogP contribution in [0.15, 0.2) is 18.2 Å². The molecule has 0 aromatic heterocycles. The van der Waals surface area contributed by atoms with Gasteiger partial charge in [0.05, 0.1) is 13.7 Å². The summed E-state index contributed by atoms with van der Waals surface area (Å²) in [6, 6.07) is 4.61. The van der Waals surface area contributed by atoms with E-state index >= 15 is 0 Å². The number of esters is 1. The zero-order valence-corrected chi connectivity index (χ0v) is 10.6. The summed E-state index contributed by atoms with van der Waals surface area (Å²) in [6.07, 6.45) is -2.73. The number of rotatable bonds is 5. The summed E-state index contributed by atoms with van der Waals surface area (Å²) in [5.74, 6) is -0.604. The molecule has 2 atom stereocenters. The van der Waals surface area contributed by atoms with Crippen LogP contribution in [-0.4, -0.2) is 24.8 Å². The molecule has 0 radical (unpaired) electrons. The number of aliphatic hydroxyl groups is 1. The minimum atomic E-state index is -1.47. The number of methoxy groups -OCH3 is 1. The summed E-state index contributed by atoms with van der Waals surface area (Å²) >= 11 is 0. The van der Waals surface area contributed by atoms with Gasteiger partial charge < -0.3 is 14.6 Å². The Hall–Kier alpha value is -1.62. The summed E-state index contributed by atoms with van der Waals surface area (Å²) in [7, 11) is 1.36. The molecule has 0 aliphatic heterocycles. The molecule has 0 aliphatic carbocycles. The van der Waals surface area contributed by atoms with Crippen molar-refractivity contribution in [1.82, 2.24) is 0 Å². The Morgan fingerprint density at radius 3 is 2.56 bits per heavy atom. The topological polar surface area (TPSA) is 55.8 Å². The Labute approximate surface area is 105 Å². The Kier molecular flexibility index (Phi) is 5.09. The average Bonchev–Trinajstić information content (AvgIpc) is 2.36. The van der Waals surface area contributed by atoms with Crippen molar-refractivity contribution < 1.29 is 23.8 Å². The van der Waals surface area contributed by atoms with Gasteiger partial charge >= 0.3 is 5.97 Å². The second-order valence-corrected chi connectivity index (χ2v) is 3.74. The van der Waals surface area contributed by atoms with Crippen molar-refractivity contribution in [1.29, 1.82) is 0 Å². The first-order chi connectivity index (χ1) is 8.52. The van der Waals surface area contributed by atoms with Gasteiger partial charge in [0.1, 0.15) is 11.9 Å². The van der Waals surface area contributed by atoms with Crippen molar-refractivity contribution >= 4 is 5.97 Å². The largest absolute Gasteiger partial charge is 0.496 e. The van der Waals surface area contributed by atoms with Crippen LogP contribution < -0.4 is 4.74 Å². The number of carbonyl (C=O) groups is 1. The lowest BCUT2D eigenvalue weighted by atomic mass is 10.0. The predicted octanol–water partition coefficient (Wildman–Crippen LogP) is 2.32. The molecule has 0 aliphatic rings. The molecule has 1 N–H and O–H groups in total. The van der Waals surface area contributed by atoms with Crippen LogP contribution in [0.1, 0.15) is 37.3 Å². The first kappa shape index (κ1) is 14.4. The van der Waals surface area contributed by atoms with Crippen molar-refractivity contribution in [3.05, 3.63) is 29.3 Å². The van der Waals surface area contributed by atoms with E-state index in [0.29, 0.717) is 5.56 Å². The molecule has 100 valence electrons. The zero-order chi connectivity index (χ0) is 13.7. The highest BCUT2D eigenvalue weighted by Crippen LogP contribution is 2.34. The zero-order valence-electron chi connectivity index (χ0n) is 10.6. The SMILES string of the molecule is CCOC(=O)C(O)c1cccc(C(C)F)c1OC. The Balaban J connectivity index is 3.15. The number of hydrogen-bond donors (Lipinski definition) is 1. The third-order valence-electron chi connectivity index (χ3n) is 2.51. The molecule has 0 bridgehead atoms. The third-order valence-corrected chi connectivity index (χ3v) is 2.51. The molecule has 18 heavy (non-hydrogen) atoms. The molecule has 0 spiro atoms. The minimum Gasteiger partial charge on any atom is -0.496 e. The maximum absolute atomic E-state index is 13.4. The van der Waals surface area contributed by atoms with Crippen LogP contribution >= 0.6 is 0 Å². The molecule has 0 fully saturated rings. The molecular weight excluding hydrogens is 239 g/mol. The van der Waals surface area contributed by atoms with Gasteiger partial charge in [0.2, 0.25) is 0 Å². The molecule has 2 unspecified atom stereocenters. The maximum atomic E-state index is 13.4. The second kappa shape index (κ2) is 6.35. The molecule has 1 aromatic carbocycles. The number of halogens is 1. The lowest BCUT2D eigenvalue weighted by Crippen LogP contribution is -2.16. The lowest BCUT2D eigenvalue weighted by molar-refractivity contribution is -0.153. The van der Waals surface area contributed by atoms with E-state index in [2.05, 4.69) is 0 Å². The highest BCUT2D eigenvalue weighted by molar-refractivity contribution is 5.77. The van der Waals surface area contributed by atoms with Crippen LogP contribution in [-0.2, 0) is 9.53 Å². The van der Waals surface area contributed by atoms with Crippen molar-refractivity contribution in [3.63, 3.8) is 0 Å². The van der Waals surface area contributed by atoms with Crippen LogP contribution in [0, 0.1) is 0 Å². The summed E-state index contributed by atoms with van der Waals surface area (Å²) in [5.41, 5.74) is 0.497. The van der Waals surface area contributed by atoms with Gasteiger partial charge in [-0.1, -0.05) is 18.2 Å². The normalized spacial score (nSPS) is 13.8. The second-order valence-electron chi connectivity index (χ2n) is 3.74. The molecule has 4 nitrogen and oxygen atoms in total. The van der Waals surface area contributed by atoms with Gasteiger partial charge in [-0.2, -0.15) is 0 Å². The standard InChI is InChI=1S/C13H17FO4/c1-4-18-13(16)11(15)10-7-5-6-9(8(2)14)12(10)17-3/h5-8,11,15H,4H2,1-3H3. The molecule has 0 amide bonds. The summed E-state index contributed by atoms with van der Waals surface area (Å²) in [4.78, 5) is 11.5. The number of benzene rings is 1. The van der Waals surface area contributed by atoms with Gasteiger partial charge in [-0.05, 0) is 13.8 Å². The molecule has 0 saturated heterocycles. The Morgan fingerprint density at radius 2 is 2.06 bits per heavy atom. The fraction of sp³-hybridized carbons (Fsp3) is 0.462. The van der Waals surface area contributed by atoms with E-state index in [-0.39, 0.29) is 17.9 Å². The number of alkyl halides is 1. The van der Waals surface area contributed by atoms with Gasteiger partial charge in [0.25, 0.3) is 0 Å². The van der Waals surface area contributed by atoms with Crippen molar-refractivity contribution in [3.8, 4) is 5.75 Å². The fourth-order valence-corrected chi connectivity index (χ4v) is 1.69. The average molecular weight is 256 g/mol. The van der Waals surface area contributed by atoms with Crippen molar-refractivity contribution in [2.45, 2.75) is 26.1 Å². The molecule has 5 heteroatoms. The van der Waals surface area contributed by atoms with Crippen LogP contribution in [0.5, 0.6) is 5.75 Å². The van der Waals surface area contributed by atoms with Crippen LogP contribution in [0.2, 0.25) is 0 Å². The predicted molar refractivity (Wildman–Crippen MR) is 64.1 cm³/mol. The quantitative estimate of drug-likeness (QED) is 0.821. The number of ether oxygens (including phenoxy) is 2. The highest BCUT2D eigenvalue weighted by atomic mass is 19.1. The van der Waals surface area contributed by atoms with Crippen molar-refractivity contribution in [2.75, 3.05) is 13.7 Å². The first-order valence-corrected chi connectivity index (χ1v) is 5.68. The van der Waals surface area contributed by atoms with Crippen LogP contribution in [0.25, 0.3) is 0 Å². The van der Waals surface area contributed by atoms with E-state index < -0.39 is 18.2 Å². The van der Waals surface area contributed by atoms with Gasteiger partial charge in [0.15, 0.2) is 6.10 Å². The highest BCUT2D eigenvalue weighted by Gasteiger charge is 2.25. The lowest BCUT2D eigenvalue weighted by Gasteiger charge is -2.17. The Bertz CT molecular complexity index is 417. The van der Waals surface area contributed by atoms with E-state index in [1.165, 1.54) is 20.1 Å². The minimum absolute atomic E-state index is 0.164. The van der Waals surface area contributed by atoms with E-state index in [1.807, 2.05) is 0 Å². The summed E-state index contributed by atoms with van der Waals surface area (Å²) in [6.45, 7) is 3.16. The summed E-state index contributed by atoms with van der Waals surface area (Å²) in [5, 5.41) is 9.86. The molecule has 0 saturated carbocycles. The fourth-order valence-electron chi connectivity index (χ4n) is 1.69. The van der Waals surface area contributed by atoms with E-state index in [9.17, 15) is 14.3 Å². The van der Waals surface area contributed by atoms with Gasteiger partial charge in [-0.25, -0.2) is 9.18 Å². The molecule has 0 heterocycles.